The van der Waals surface area contributed by atoms with Crippen LogP contribution in [0, 0.1) is 10.1 Å². The van der Waals surface area contributed by atoms with E-state index in [1.807, 2.05) is 0 Å². The summed E-state index contributed by atoms with van der Waals surface area (Å²) in [5.41, 5.74) is 0.740. The molecular formula is C13H12N2O5. The number of carbonyl (C=O) groups is 1. The summed E-state index contributed by atoms with van der Waals surface area (Å²) >= 11 is 0. The molecule has 0 saturated carbocycles. The monoisotopic (exact) mass is 276 g/mol. The normalized spacial score (nSPS) is 10.0. The maximum atomic E-state index is 11.4. The third-order valence-electron chi connectivity index (χ3n) is 2.46. The predicted molar refractivity (Wildman–Crippen MR) is 70.6 cm³/mol. The molecule has 0 fully saturated rings. The zero-order valence-corrected chi connectivity index (χ0v) is 10.4. The van der Waals surface area contributed by atoms with Crippen molar-refractivity contribution >= 4 is 17.3 Å². The van der Waals surface area contributed by atoms with E-state index in [4.69, 9.17) is 9.15 Å². The first-order valence-corrected chi connectivity index (χ1v) is 5.86. The Kier molecular flexibility index (Phi) is 4.33. The molecule has 0 unspecified atom stereocenters. The fourth-order valence-corrected chi connectivity index (χ4v) is 1.51. The van der Waals surface area contributed by atoms with Gasteiger partial charge in [-0.2, -0.15) is 0 Å². The van der Waals surface area contributed by atoms with Crippen LogP contribution in [0.3, 0.4) is 0 Å². The van der Waals surface area contributed by atoms with Crippen LogP contribution >= 0.6 is 0 Å². The van der Waals surface area contributed by atoms with Crippen LogP contribution in [-0.2, 0) is 4.74 Å². The Labute approximate surface area is 114 Å². The van der Waals surface area contributed by atoms with Gasteiger partial charge in [-0.25, -0.2) is 4.79 Å². The Bertz CT molecular complexity index is 577. The van der Waals surface area contributed by atoms with Crippen molar-refractivity contribution in [3.63, 3.8) is 0 Å². The first-order chi connectivity index (χ1) is 9.66. The van der Waals surface area contributed by atoms with E-state index in [0.29, 0.717) is 12.2 Å². The molecular weight excluding hydrogens is 264 g/mol. The molecule has 0 radical (unpaired) electrons. The number of rotatable bonds is 6. The molecule has 0 bridgehead atoms. The average Bonchev–Trinajstić information content (AvgIpc) is 2.98. The lowest BCUT2D eigenvalue weighted by molar-refractivity contribution is -0.384. The number of nitro groups is 1. The molecule has 20 heavy (non-hydrogen) atoms. The molecule has 7 nitrogen and oxygen atoms in total. The summed E-state index contributed by atoms with van der Waals surface area (Å²) in [6, 6.07) is 9.10. The predicted octanol–water partition coefficient (Wildman–Crippen LogP) is 2.46. The summed E-state index contributed by atoms with van der Waals surface area (Å²) in [5.74, 6) is -0.374. The van der Waals surface area contributed by atoms with E-state index in [1.54, 1.807) is 18.2 Å². The first-order valence-electron chi connectivity index (χ1n) is 5.86. The number of ether oxygens (including phenoxy) is 1. The SMILES string of the molecule is O=C(OCCNc1ccc([N+](=O)[O-])cc1)c1ccco1. The minimum atomic E-state index is -0.527. The maximum Gasteiger partial charge on any atom is 0.374 e. The van der Waals surface area contributed by atoms with Crippen molar-refractivity contribution in [1.82, 2.24) is 0 Å². The number of carbonyl (C=O) groups excluding carboxylic acids is 1. The van der Waals surface area contributed by atoms with Gasteiger partial charge in [-0.1, -0.05) is 0 Å². The van der Waals surface area contributed by atoms with Gasteiger partial charge >= 0.3 is 5.97 Å². The lowest BCUT2D eigenvalue weighted by Gasteiger charge is -2.06. The van der Waals surface area contributed by atoms with Crippen LogP contribution in [0.4, 0.5) is 11.4 Å². The molecule has 104 valence electrons. The van der Waals surface area contributed by atoms with Gasteiger partial charge in [-0.15, -0.1) is 0 Å². The molecule has 1 N–H and O–H groups in total. The number of esters is 1. The Balaban J connectivity index is 1.73. The molecule has 0 saturated heterocycles. The number of anilines is 1. The Morgan fingerprint density at radius 3 is 2.65 bits per heavy atom. The maximum absolute atomic E-state index is 11.4. The fraction of sp³-hybridized carbons (Fsp3) is 0.154. The number of hydrogen-bond acceptors (Lipinski definition) is 6. The number of non-ortho nitro benzene ring substituents is 1. The number of furan rings is 1. The molecule has 0 aliphatic carbocycles. The third kappa shape index (κ3) is 3.58. The lowest BCUT2D eigenvalue weighted by atomic mass is 10.3. The van der Waals surface area contributed by atoms with Gasteiger partial charge in [-0.05, 0) is 24.3 Å². The van der Waals surface area contributed by atoms with E-state index in [2.05, 4.69) is 5.32 Å². The second-order valence-electron chi connectivity index (χ2n) is 3.84. The highest BCUT2D eigenvalue weighted by Gasteiger charge is 2.09. The number of hydrogen-bond donors (Lipinski definition) is 1. The van der Waals surface area contributed by atoms with Crippen molar-refractivity contribution in [2.24, 2.45) is 0 Å². The van der Waals surface area contributed by atoms with E-state index in [-0.39, 0.29) is 18.1 Å². The van der Waals surface area contributed by atoms with Gasteiger partial charge in [0.05, 0.1) is 11.2 Å². The molecule has 2 aromatic rings. The summed E-state index contributed by atoms with van der Waals surface area (Å²) in [5, 5.41) is 13.5. The lowest BCUT2D eigenvalue weighted by Crippen LogP contribution is -2.13. The van der Waals surface area contributed by atoms with Crippen LogP contribution in [0.15, 0.2) is 47.1 Å². The van der Waals surface area contributed by atoms with Crippen molar-refractivity contribution in [3.05, 3.63) is 58.5 Å². The highest BCUT2D eigenvalue weighted by Crippen LogP contribution is 2.14. The van der Waals surface area contributed by atoms with Crippen LogP contribution in [0.25, 0.3) is 0 Å². The van der Waals surface area contributed by atoms with Crippen LogP contribution in [0.5, 0.6) is 0 Å². The molecule has 0 atom stereocenters. The molecule has 7 heteroatoms. The zero-order valence-electron chi connectivity index (χ0n) is 10.4. The smallest absolute Gasteiger partial charge is 0.374 e. The van der Waals surface area contributed by atoms with Gasteiger partial charge in [-0.3, -0.25) is 10.1 Å². The molecule has 0 aliphatic rings. The van der Waals surface area contributed by atoms with Gasteiger partial charge in [0, 0.05) is 24.4 Å². The minimum absolute atomic E-state index is 0.0276. The molecule has 1 heterocycles. The zero-order chi connectivity index (χ0) is 14.4. The Hall–Kier alpha value is -2.83. The second kappa shape index (κ2) is 6.37. The van der Waals surface area contributed by atoms with E-state index in [1.165, 1.54) is 24.5 Å². The van der Waals surface area contributed by atoms with Crippen LogP contribution in [0.2, 0.25) is 0 Å². The largest absolute Gasteiger partial charge is 0.458 e. The minimum Gasteiger partial charge on any atom is -0.458 e. The van der Waals surface area contributed by atoms with Crippen LogP contribution in [-0.4, -0.2) is 24.0 Å². The first kappa shape index (κ1) is 13.6. The van der Waals surface area contributed by atoms with Gasteiger partial charge in [0.2, 0.25) is 5.76 Å². The van der Waals surface area contributed by atoms with Crippen molar-refractivity contribution in [2.45, 2.75) is 0 Å². The second-order valence-corrected chi connectivity index (χ2v) is 3.84. The van der Waals surface area contributed by atoms with Gasteiger partial charge in [0.25, 0.3) is 5.69 Å². The number of nitrogens with one attached hydrogen (secondary N) is 1. The van der Waals surface area contributed by atoms with Crippen molar-refractivity contribution in [1.29, 1.82) is 0 Å². The van der Waals surface area contributed by atoms with Gasteiger partial charge < -0.3 is 14.5 Å². The van der Waals surface area contributed by atoms with Crippen LogP contribution < -0.4 is 5.32 Å². The molecule has 0 spiro atoms. The molecule has 0 aliphatic heterocycles. The van der Waals surface area contributed by atoms with E-state index >= 15 is 0 Å². The Morgan fingerprint density at radius 1 is 1.30 bits per heavy atom. The summed E-state index contributed by atoms with van der Waals surface area (Å²) in [6.45, 7) is 0.556. The Morgan fingerprint density at radius 2 is 2.05 bits per heavy atom. The quantitative estimate of drug-likeness (QED) is 0.377. The van der Waals surface area contributed by atoms with Gasteiger partial charge in [0.1, 0.15) is 6.61 Å². The summed E-state index contributed by atoms with van der Waals surface area (Å²) < 4.78 is 9.85. The third-order valence-corrected chi connectivity index (χ3v) is 2.46. The number of nitrogens with zero attached hydrogens (tertiary/aromatic N) is 1. The number of benzene rings is 1. The van der Waals surface area contributed by atoms with Crippen molar-refractivity contribution in [3.8, 4) is 0 Å². The molecule has 1 aromatic heterocycles. The summed E-state index contributed by atoms with van der Waals surface area (Å²) in [7, 11) is 0. The van der Waals surface area contributed by atoms with E-state index in [9.17, 15) is 14.9 Å². The molecule has 1 aromatic carbocycles. The van der Waals surface area contributed by atoms with E-state index in [0.717, 1.165) is 0 Å². The van der Waals surface area contributed by atoms with Crippen LogP contribution in [0.1, 0.15) is 10.6 Å². The molecule has 2 rings (SSSR count). The highest BCUT2D eigenvalue weighted by atomic mass is 16.6. The standard InChI is InChI=1S/C13H12N2O5/c16-13(12-2-1-8-19-12)20-9-7-14-10-3-5-11(6-4-10)15(17)18/h1-6,8,14H,7,9H2. The van der Waals surface area contributed by atoms with Crippen molar-refractivity contribution in [2.75, 3.05) is 18.5 Å². The number of nitro benzene ring substituents is 1. The highest BCUT2D eigenvalue weighted by molar-refractivity contribution is 5.86. The van der Waals surface area contributed by atoms with E-state index < -0.39 is 10.9 Å². The molecule has 0 amide bonds. The van der Waals surface area contributed by atoms with Crippen molar-refractivity contribution < 1.29 is 18.9 Å². The fourth-order valence-electron chi connectivity index (χ4n) is 1.51. The topological polar surface area (TPSA) is 94.6 Å². The summed E-state index contributed by atoms with van der Waals surface area (Å²) in [6.07, 6.45) is 1.39. The van der Waals surface area contributed by atoms with Gasteiger partial charge in [0.15, 0.2) is 0 Å². The summed E-state index contributed by atoms with van der Waals surface area (Å²) in [4.78, 5) is 21.4. The average molecular weight is 276 g/mol.